The molecule has 4 heteroatoms. The van der Waals surface area contributed by atoms with Crippen LogP contribution in [0.4, 0.5) is 17.1 Å². The number of fused-ring (bicyclic) bond motifs is 9. The summed E-state index contributed by atoms with van der Waals surface area (Å²) in [5.41, 5.74) is 19.3. The molecule has 4 nitrogen and oxygen atoms in total. The van der Waals surface area contributed by atoms with Gasteiger partial charge in [0, 0.05) is 66.2 Å². The topological polar surface area (TPSA) is 34.5 Å². The van der Waals surface area contributed by atoms with Crippen molar-refractivity contribution >= 4 is 82.7 Å². The number of aromatic nitrogens is 1. The lowest BCUT2D eigenvalue weighted by atomic mass is 9.99. The third-order valence-electron chi connectivity index (χ3n) is 14.0. The summed E-state index contributed by atoms with van der Waals surface area (Å²) in [5.74, 6) is 0. The molecule has 0 atom stereocenters. The van der Waals surface area contributed by atoms with Gasteiger partial charge in [-0.1, -0.05) is 176 Å². The molecular formula is C66H42N2O2. The van der Waals surface area contributed by atoms with Gasteiger partial charge >= 0.3 is 0 Å². The highest BCUT2D eigenvalue weighted by atomic mass is 16.3. The maximum absolute atomic E-state index is 6.53. The number of rotatable bonds is 8. The molecule has 0 aliphatic rings. The first-order valence-electron chi connectivity index (χ1n) is 23.8. The van der Waals surface area contributed by atoms with Gasteiger partial charge in [0.1, 0.15) is 22.3 Å². The Kier molecular flexibility index (Phi) is 9.17. The van der Waals surface area contributed by atoms with Crippen LogP contribution in [0.3, 0.4) is 0 Å². The lowest BCUT2D eigenvalue weighted by molar-refractivity contribution is 0.669. The lowest BCUT2D eigenvalue weighted by Crippen LogP contribution is -2.09. The molecule has 0 saturated heterocycles. The molecular weight excluding hydrogens is 853 g/mol. The molecule has 70 heavy (non-hydrogen) atoms. The molecule has 0 bridgehead atoms. The van der Waals surface area contributed by atoms with Crippen molar-refractivity contribution in [1.82, 2.24) is 4.57 Å². The number of para-hydroxylation sites is 5. The highest BCUT2D eigenvalue weighted by Gasteiger charge is 2.19. The largest absolute Gasteiger partial charge is 0.455 e. The van der Waals surface area contributed by atoms with Crippen molar-refractivity contribution in [1.29, 1.82) is 0 Å². The van der Waals surface area contributed by atoms with E-state index >= 15 is 0 Å². The summed E-state index contributed by atoms with van der Waals surface area (Å²) in [5, 5.41) is 6.96. The van der Waals surface area contributed by atoms with E-state index in [4.69, 9.17) is 8.83 Å². The molecule has 328 valence electrons. The first-order chi connectivity index (χ1) is 34.7. The van der Waals surface area contributed by atoms with Crippen molar-refractivity contribution in [3.63, 3.8) is 0 Å². The highest BCUT2D eigenvalue weighted by Crippen LogP contribution is 2.42. The fourth-order valence-electron chi connectivity index (χ4n) is 10.6. The van der Waals surface area contributed by atoms with Crippen LogP contribution in [0.25, 0.3) is 116 Å². The van der Waals surface area contributed by atoms with Gasteiger partial charge in [-0.25, -0.2) is 0 Å². The number of benzene rings is 11. The minimum absolute atomic E-state index is 0.881. The predicted molar refractivity (Wildman–Crippen MR) is 292 cm³/mol. The smallest absolute Gasteiger partial charge is 0.143 e. The zero-order chi connectivity index (χ0) is 46.1. The minimum atomic E-state index is 0.881. The number of nitrogens with zero attached hydrogens (tertiary/aromatic N) is 2. The molecule has 3 aromatic heterocycles. The van der Waals surface area contributed by atoms with Crippen LogP contribution in [0.15, 0.2) is 264 Å². The molecule has 3 heterocycles. The van der Waals surface area contributed by atoms with Gasteiger partial charge in [-0.05, 0) is 112 Å². The van der Waals surface area contributed by atoms with Crippen LogP contribution in [0, 0.1) is 0 Å². The Labute approximate surface area is 404 Å². The number of hydrogen-bond donors (Lipinski definition) is 0. The molecule has 0 aliphatic carbocycles. The number of hydrogen-bond acceptors (Lipinski definition) is 3. The zero-order valence-electron chi connectivity index (χ0n) is 38.0. The normalized spacial score (nSPS) is 11.7. The third-order valence-corrected chi connectivity index (χ3v) is 14.0. The van der Waals surface area contributed by atoms with Crippen LogP contribution < -0.4 is 4.90 Å². The molecule has 0 fully saturated rings. The van der Waals surface area contributed by atoms with E-state index in [9.17, 15) is 0 Å². The van der Waals surface area contributed by atoms with Crippen LogP contribution >= 0.6 is 0 Å². The Balaban J connectivity index is 0.849. The van der Waals surface area contributed by atoms with Gasteiger partial charge in [0.25, 0.3) is 0 Å². The van der Waals surface area contributed by atoms with Crippen LogP contribution in [0.1, 0.15) is 0 Å². The van der Waals surface area contributed by atoms with E-state index < -0.39 is 0 Å². The van der Waals surface area contributed by atoms with E-state index in [1.54, 1.807) is 0 Å². The van der Waals surface area contributed by atoms with E-state index in [2.05, 4.69) is 246 Å². The first-order valence-corrected chi connectivity index (χ1v) is 23.8. The summed E-state index contributed by atoms with van der Waals surface area (Å²) in [6.07, 6.45) is 0. The fraction of sp³-hybridized carbons (Fsp3) is 0. The van der Waals surface area contributed by atoms with Crippen molar-refractivity contribution in [2.24, 2.45) is 0 Å². The van der Waals surface area contributed by atoms with Crippen LogP contribution in [-0.4, -0.2) is 4.57 Å². The molecule has 14 rings (SSSR count). The quantitative estimate of drug-likeness (QED) is 0.152. The Morgan fingerprint density at radius 2 is 0.729 bits per heavy atom. The summed E-state index contributed by atoms with van der Waals surface area (Å²) >= 11 is 0. The summed E-state index contributed by atoms with van der Waals surface area (Å²) in [6, 6.07) is 91.0. The second-order valence-electron chi connectivity index (χ2n) is 18.0. The molecule has 0 spiro atoms. The predicted octanol–water partition coefficient (Wildman–Crippen LogP) is 18.7. The van der Waals surface area contributed by atoms with Crippen LogP contribution in [-0.2, 0) is 0 Å². The van der Waals surface area contributed by atoms with E-state index in [0.29, 0.717) is 0 Å². The summed E-state index contributed by atoms with van der Waals surface area (Å²) in [6.45, 7) is 0. The number of furan rings is 2. The number of anilines is 3. The van der Waals surface area contributed by atoms with Gasteiger partial charge in [-0.3, -0.25) is 0 Å². The summed E-state index contributed by atoms with van der Waals surface area (Å²) in [7, 11) is 0. The molecule has 0 N–H and O–H groups in total. The van der Waals surface area contributed by atoms with Crippen molar-refractivity contribution in [3.8, 4) is 50.2 Å². The van der Waals surface area contributed by atoms with E-state index in [1.165, 1.54) is 21.8 Å². The fourth-order valence-corrected chi connectivity index (χ4v) is 10.6. The molecule has 11 aromatic carbocycles. The maximum Gasteiger partial charge on any atom is 0.143 e. The van der Waals surface area contributed by atoms with Crippen molar-refractivity contribution in [2.45, 2.75) is 0 Å². The van der Waals surface area contributed by atoms with E-state index in [0.717, 1.165) is 111 Å². The van der Waals surface area contributed by atoms with Crippen LogP contribution in [0.2, 0.25) is 0 Å². The van der Waals surface area contributed by atoms with E-state index in [1.807, 2.05) is 18.2 Å². The zero-order valence-corrected chi connectivity index (χ0v) is 38.0. The van der Waals surface area contributed by atoms with Gasteiger partial charge in [0.15, 0.2) is 0 Å². The first kappa shape index (κ1) is 39.8. The monoisotopic (exact) mass is 894 g/mol. The Morgan fingerprint density at radius 3 is 1.39 bits per heavy atom. The van der Waals surface area contributed by atoms with Gasteiger partial charge < -0.3 is 18.3 Å². The van der Waals surface area contributed by atoms with E-state index in [-0.39, 0.29) is 0 Å². The standard InChI is InChI=1S/C66H42N2O2/c1-3-13-45(14-4-1)53-19-12-22-59-60-41-47(32-40-64(60)70-66(53)59)43-25-33-50(34-26-43)67(52-37-29-46(30-38-52)54-20-11-21-58-57-18-8-10-24-63(57)69-65(54)58)51-35-27-44(28-36-51)48-31-39-56-55-17-7-9-23-61(55)68(62(56)42-48)49-15-5-2-6-16-49/h1-42H. The second-order valence-corrected chi connectivity index (χ2v) is 18.0. The average molecular weight is 895 g/mol. The lowest BCUT2D eigenvalue weighted by Gasteiger charge is -2.26. The summed E-state index contributed by atoms with van der Waals surface area (Å²) < 4.78 is 15.4. The SMILES string of the molecule is c1ccc(-c2cccc3c2oc2ccc(-c4ccc(N(c5ccc(-c6ccc7c8ccccc8n(-c8ccccc8)c7c6)cc5)c5ccc(-c6cccc7c6oc6ccccc67)cc5)cc4)cc23)cc1. The Morgan fingerprint density at radius 1 is 0.271 bits per heavy atom. The highest BCUT2D eigenvalue weighted by molar-refractivity contribution is 6.12. The Bertz CT molecular complexity index is 4260. The molecule has 0 aliphatic heterocycles. The maximum atomic E-state index is 6.53. The summed E-state index contributed by atoms with van der Waals surface area (Å²) in [4.78, 5) is 2.34. The van der Waals surface area contributed by atoms with Crippen molar-refractivity contribution < 1.29 is 8.83 Å². The molecule has 14 aromatic rings. The minimum Gasteiger partial charge on any atom is -0.455 e. The van der Waals surface area contributed by atoms with Gasteiger partial charge in [-0.2, -0.15) is 0 Å². The van der Waals surface area contributed by atoms with Crippen molar-refractivity contribution in [3.05, 3.63) is 255 Å². The average Bonchev–Trinajstić information content (AvgIpc) is 4.12. The third kappa shape index (κ3) is 6.53. The molecule has 0 saturated carbocycles. The van der Waals surface area contributed by atoms with Crippen LogP contribution in [0.5, 0.6) is 0 Å². The Hall–Kier alpha value is -9.38. The second kappa shape index (κ2) is 16.2. The molecule has 0 amide bonds. The molecule has 0 radical (unpaired) electrons. The van der Waals surface area contributed by atoms with Gasteiger partial charge in [0.05, 0.1) is 11.0 Å². The van der Waals surface area contributed by atoms with Gasteiger partial charge in [-0.15, -0.1) is 0 Å². The van der Waals surface area contributed by atoms with Gasteiger partial charge in [0.2, 0.25) is 0 Å². The van der Waals surface area contributed by atoms with Crippen molar-refractivity contribution in [2.75, 3.05) is 4.90 Å². The molecule has 0 unspecified atom stereocenters.